The number of thioether (sulfide) groups is 1. The Bertz CT molecular complexity index is 1400. The molecule has 0 saturated carbocycles. The predicted octanol–water partition coefficient (Wildman–Crippen LogP) is 7.19. The lowest BCUT2D eigenvalue weighted by molar-refractivity contribution is -0.116. The summed E-state index contributed by atoms with van der Waals surface area (Å²) in [5, 5.41) is 8.79. The van der Waals surface area contributed by atoms with E-state index in [0.717, 1.165) is 32.6 Å². The van der Waals surface area contributed by atoms with Crippen LogP contribution in [0.3, 0.4) is 0 Å². The van der Waals surface area contributed by atoms with Gasteiger partial charge in [-0.15, -0.1) is 0 Å². The second-order valence-corrected chi connectivity index (χ2v) is 10.6. The molecule has 0 radical (unpaired) electrons. The molecule has 35 heavy (non-hydrogen) atoms. The van der Waals surface area contributed by atoms with Crippen LogP contribution in [0.4, 0.5) is 5.69 Å². The molecule has 1 amide bonds. The van der Waals surface area contributed by atoms with Crippen molar-refractivity contribution in [3.05, 3.63) is 110 Å². The minimum absolute atomic E-state index is 0.0658. The highest BCUT2D eigenvalue weighted by Crippen LogP contribution is 2.32. The van der Waals surface area contributed by atoms with Gasteiger partial charge < -0.3 is 15.4 Å². The number of carbonyl (C=O) groups excluding carboxylic acids is 1. The second kappa shape index (κ2) is 10.7. The average Bonchev–Trinajstić information content (AvgIpc) is 3.22. The number of anilines is 1. The number of hydrogen-bond acceptors (Lipinski definition) is 4. The van der Waals surface area contributed by atoms with Crippen LogP contribution >= 0.6 is 34.4 Å². The lowest BCUT2D eigenvalue weighted by Crippen LogP contribution is -2.30. The minimum Gasteiger partial charge on any atom is -0.488 e. The van der Waals surface area contributed by atoms with E-state index in [2.05, 4.69) is 88.7 Å². The van der Waals surface area contributed by atoms with E-state index in [1.807, 2.05) is 42.5 Å². The summed E-state index contributed by atoms with van der Waals surface area (Å²) in [6.45, 7) is 2.64. The van der Waals surface area contributed by atoms with Crippen molar-refractivity contribution in [2.45, 2.75) is 25.4 Å². The number of nitrogens with one attached hydrogen (secondary N) is 2. The van der Waals surface area contributed by atoms with Crippen molar-refractivity contribution in [1.29, 1.82) is 0 Å². The standard InChI is InChI=1S/C29H25IN2O2S/c1-2-19-10-13-23(14-11-19)31-29-32-28(33)27(35-29)17-20-12-15-26(25(30)16-20)34-18-22-8-5-7-21-6-3-4-9-24(21)22/h3-17,29,31H,2,18H2,1H3,(H,32,33)/b27-17-/t29-/m0/s1. The van der Waals surface area contributed by atoms with Crippen LogP contribution in [0.5, 0.6) is 5.75 Å². The van der Waals surface area contributed by atoms with Crippen molar-refractivity contribution in [2.75, 3.05) is 5.32 Å². The molecule has 0 bridgehead atoms. The molecule has 4 aromatic rings. The number of amides is 1. The first-order chi connectivity index (χ1) is 17.1. The van der Waals surface area contributed by atoms with Crippen LogP contribution in [-0.2, 0) is 17.8 Å². The maximum atomic E-state index is 12.5. The molecule has 4 aromatic carbocycles. The first-order valence-electron chi connectivity index (χ1n) is 11.5. The minimum atomic E-state index is -0.191. The van der Waals surface area contributed by atoms with Crippen LogP contribution in [0.15, 0.2) is 89.8 Å². The molecule has 1 aliphatic rings. The SMILES string of the molecule is CCc1ccc(N[C@H]2NC(=O)/C(=C/c3ccc(OCc4cccc5ccccc45)c(I)c3)S2)cc1. The van der Waals surface area contributed by atoms with Crippen molar-refractivity contribution < 1.29 is 9.53 Å². The fourth-order valence-corrected chi connectivity index (χ4v) is 5.68. The average molecular weight is 593 g/mol. The highest BCUT2D eigenvalue weighted by Gasteiger charge is 2.27. The number of hydrogen-bond donors (Lipinski definition) is 2. The van der Waals surface area contributed by atoms with Gasteiger partial charge >= 0.3 is 0 Å². The largest absolute Gasteiger partial charge is 0.488 e. The molecule has 176 valence electrons. The van der Waals surface area contributed by atoms with Crippen LogP contribution in [-0.4, -0.2) is 11.4 Å². The Morgan fingerprint density at radius 1 is 1.03 bits per heavy atom. The number of ether oxygens (including phenoxy) is 1. The molecule has 1 heterocycles. The van der Waals surface area contributed by atoms with Gasteiger partial charge in [-0.2, -0.15) is 0 Å². The molecule has 1 atom stereocenters. The van der Waals surface area contributed by atoms with Gasteiger partial charge in [-0.3, -0.25) is 4.79 Å². The summed E-state index contributed by atoms with van der Waals surface area (Å²) in [5.74, 6) is 0.767. The molecule has 1 fully saturated rings. The molecule has 1 saturated heterocycles. The molecule has 0 aromatic heterocycles. The predicted molar refractivity (Wildman–Crippen MR) is 154 cm³/mol. The molecule has 2 N–H and O–H groups in total. The van der Waals surface area contributed by atoms with Crippen molar-refractivity contribution in [3.63, 3.8) is 0 Å². The number of carbonyl (C=O) groups is 1. The summed E-state index contributed by atoms with van der Waals surface area (Å²) in [7, 11) is 0. The Balaban J connectivity index is 1.24. The first-order valence-corrected chi connectivity index (χ1v) is 13.5. The Morgan fingerprint density at radius 2 is 1.83 bits per heavy atom. The molecular formula is C29H25IN2O2S. The van der Waals surface area contributed by atoms with E-state index in [-0.39, 0.29) is 11.4 Å². The third kappa shape index (κ3) is 5.65. The van der Waals surface area contributed by atoms with E-state index in [1.54, 1.807) is 0 Å². The number of benzene rings is 4. The highest BCUT2D eigenvalue weighted by atomic mass is 127. The van der Waals surface area contributed by atoms with Gasteiger partial charge in [-0.05, 0) is 86.8 Å². The smallest absolute Gasteiger partial charge is 0.260 e. The third-order valence-electron chi connectivity index (χ3n) is 5.91. The zero-order valence-corrected chi connectivity index (χ0v) is 22.2. The molecule has 1 aliphatic heterocycles. The molecule has 0 spiro atoms. The van der Waals surface area contributed by atoms with Crippen LogP contribution in [0.2, 0.25) is 0 Å². The van der Waals surface area contributed by atoms with E-state index in [9.17, 15) is 4.79 Å². The van der Waals surface area contributed by atoms with E-state index < -0.39 is 0 Å². The van der Waals surface area contributed by atoms with Crippen LogP contribution < -0.4 is 15.4 Å². The summed E-state index contributed by atoms with van der Waals surface area (Å²) in [6.07, 6.45) is 2.94. The van der Waals surface area contributed by atoms with Crippen molar-refractivity contribution >= 4 is 62.8 Å². The van der Waals surface area contributed by atoms with Crippen molar-refractivity contribution in [3.8, 4) is 5.75 Å². The maximum Gasteiger partial charge on any atom is 0.260 e. The van der Waals surface area contributed by atoms with Gasteiger partial charge in [0.05, 0.1) is 8.48 Å². The monoisotopic (exact) mass is 592 g/mol. The van der Waals surface area contributed by atoms with E-state index in [1.165, 1.54) is 28.1 Å². The van der Waals surface area contributed by atoms with Crippen LogP contribution in [0.25, 0.3) is 16.8 Å². The topological polar surface area (TPSA) is 50.4 Å². The van der Waals surface area contributed by atoms with Gasteiger partial charge in [-0.25, -0.2) is 0 Å². The van der Waals surface area contributed by atoms with Crippen molar-refractivity contribution in [2.24, 2.45) is 0 Å². The lowest BCUT2D eigenvalue weighted by Gasteiger charge is -2.13. The zero-order valence-electron chi connectivity index (χ0n) is 19.3. The number of fused-ring (bicyclic) bond motifs is 1. The van der Waals surface area contributed by atoms with Crippen LogP contribution in [0.1, 0.15) is 23.6 Å². The molecule has 0 aliphatic carbocycles. The van der Waals surface area contributed by atoms with Gasteiger partial charge in [-0.1, -0.05) is 79.3 Å². The highest BCUT2D eigenvalue weighted by molar-refractivity contribution is 14.1. The maximum absolute atomic E-state index is 12.5. The van der Waals surface area contributed by atoms with E-state index in [0.29, 0.717) is 11.5 Å². The summed E-state index contributed by atoms with van der Waals surface area (Å²) in [5.41, 5.74) is 4.22. The van der Waals surface area contributed by atoms with Gasteiger partial charge in [0.1, 0.15) is 12.4 Å². The van der Waals surface area contributed by atoms with Gasteiger partial charge in [0, 0.05) is 5.69 Å². The Labute approximate surface area is 223 Å². The quantitative estimate of drug-likeness (QED) is 0.176. The third-order valence-corrected chi connectivity index (χ3v) is 7.78. The fourth-order valence-electron chi connectivity index (χ4n) is 4.00. The summed E-state index contributed by atoms with van der Waals surface area (Å²) in [6, 6.07) is 28.9. The van der Waals surface area contributed by atoms with E-state index >= 15 is 0 Å². The Hall–Kier alpha value is -2.97. The Morgan fingerprint density at radius 3 is 2.63 bits per heavy atom. The van der Waals surface area contributed by atoms with Gasteiger partial charge in [0.2, 0.25) is 0 Å². The lowest BCUT2D eigenvalue weighted by atomic mass is 10.1. The van der Waals surface area contributed by atoms with Crippen LogP contribution in [0, 0.1) is 3.57 Å². The number of halogens is 1. The van der Waals surface area contributed by atoms with E-state index in [4.69, 9.17) is 4.74 Å². The summed E-state index contributed by atoms with van der Waals surface area (Å²) >= 11 is 3.78. The summed E-state index contributed by atoms with van der Waals surface area (Å²) < 4.78 is 7.16. The number of aryl methyl sites for hydroxylation is 1. The molecule has 4 nitrogen and oxygen atoms in total. The Kier molecular flexibility index (Phi) is 7.29. The fraction of sp³-hybridized carbons (Fsp3) is 0.138. The molecule has 6 heteroatoms. The number of rotatable bonds is 7. The van der Waals surface area contributed by atoms with Gasteiger partial charge in [0.25, 0.3) is 5.91 Å². The molecule has 5 rings (SSSR count). The summed E-state index contributed by atoms with van der Waals surface area (Å²) in [4.78, 5) is 13.2. The van der Waals surface area contributed by atoms with Crippen molar-refractivity contribution in [1.82, 2.24) is 5.32 Å². The van der Waals surface area contributed by atoms with Gasteiger partial charge in [0.15, 0.2) is 5.50 Å². The first kappa shape index (κ1) is 23.8. The molecular weight excluding hydrogens is 567 g/mol. The molecule has 0 unspecified atom stereocenters. The zero-order chi connectivity index (χ0) is 24.2. The normalized spacial score (nSPS) is 16.5. The second-order valence-electron chi connectivity index (χ2n) is 8.29.